The average molecular weight is 266 g/mol. The molecule has 0 aliphatic heterocycles. The highest BCUT2D eigenvalue weighted by Gasteiger charge is 2.65. The lowest BCUT2D eigenvalue weighted by Crippen LogP contribution is -2.31. The topological polar surface area (TPSA) is 97.1 Å². The molecule has 1 aliphatic carbocycles. The molecule has 104 valence electrons. The van der Waals surface area contributed by atoms with Crippen molar-refractivity contribution in [1.82, 2.24) is 20.1 Å². The normalized spacial score (nSPS) is 25.7. The highest BCUT2D eigenvalue weighted by Crippen LogP contribution is 2.58. The number of carbonyl (C=O) groups is 2. The molecule has 1 amide bonds. The fourth-order valence-electron chi connectivity index (χ4n) is 2.64. The Morgan fingerprint density at radius 1 is 1.47 bits per heavy atom. The molecule has 2 N–H and O–H groups in total. The number of nitrogens with one attached hydrogen (secondary N) is 1. The number of carbonyl (C=O) groups excluding carboxylic acids is 1. The van der Waals surface area contributed by atoms with E-state index in [1.807, 2.05) is 0 Å². The minimum Gasteiger partial charge on any atom is -0.481 e. The lowest BCUT2D eigenvalue weighted by atomic mass is 10.1. The first-order chi connectivity index (χ1) is 8.76. The number of rotatable bonds is 4. The van der Waals surface area contributed by atoms with Crippen molar-refractivity contribution in [3.05, 3.63) is 12.2 Å². The maximum absolute atomic E-state index is 12.1. The van der Waals surface area contributed by atoms with Crippen molar-refractivity contribution in [3.8, 4) is 0 Å². The predicted molar refractivity (Wildman–Crippen MR) is 66.0 cm³/mol. The molecule has 7 nitrogen and oxygen atoms in total. The van der Waals surface area contributed by atoms with Crippen LogP contribution in [0.3, 0.4) is 0 Å². The summed E-state index contributed by atoms with van der Waals surface area (Å²) in [6.45, 7) is 5.39. The standard InChI is InChI=1S/C12H18N4O3/c1-6(9-15-13-5-16(9)4)14-10(17)7-8(11(18)19)12(7,2)3/h5-8H,1-4H3,(H,14,17)(H,18,19). The number of hydrogen-bond acceptors (Lipinski definition) is 4. The van der Waals surface area contributed by atoms with Crippen LogP contribution in [0.5, 0.6) is 0 Å². The Morgan fingerprint density at radius 2 is 2.11 bits per heavy atom. The summed E-state index contributed by atoms with van der Waals surface area (Å²) in [6, 6.07) is -0.300. The molecule has 1 aromatic rings. The van der Waals surface area contributed by atoms with Gasteiger partial charge in [-0.05, 0) is 12.3 Å². The van der Waals surface area contributed by atoms with E-state index in [1.165, 1.54) is 0 Å². The van der Waals surface area contributed by atoms with Crippen LogP contribution in [-0.2, 0) is 16.6 Å². The number of aliphatic carboxylic acids is 1. The summed E-state index contributed by atoms with van der Waals surface area (Å²) < 4.78 is 1.72. The lowest BCUT2D eigenvalue weighted by molar-refractivity contribution is -0.140. The number of aromatic nitrogens is 3. The lowest BCUT2D eigenvalue weighted by Gasteiger charge is -2.13. The van der Waals surface area contributed by atoms with Gasteiger partial charge in [-0.15, -0.1) is 10.2 Å². The van der Waals surface area contributed by atoms with Crippen LogP contribution >= 0.6 is 0 Å². The van der Waals surface area contributed by atoms with Crippen molar-refractivity contribution in [2.75, 3.05) is 0 Å². The van der Waals surface area contributed by atoms with Crippen LogP contribution < -0.4 is 5.32 Å². The molecule has 0 aromatic carbocycles. The van der Waals surface area contributed by atoms with Crippen LogP contribution in [0, 0.1) is 17.3 Å². The average Bonchev–Trinajstić information content (AvgIpc) is 2.64. The molecule has 3 atom stereocenters. The van der Waals surface area contributed by atoms with Crippen LogP contribution in [0.1, 0.15) is 32.6 Å². The first-order valence-electron chi connectivity index (χ1n) is 6.14. The molecule has 0 bridgehead atoms. The quantitative estimate of drug-likeness (QED) is 0.819. The molecule has 1 fully saturated rings. The van der Waals surface area contributed by atoms with Gasteiger partial charge in [-0.25, -0.2) is 0 Å². The smallest absolute Gasteiger partial charge is 0.307 e. The van der Waals surface area contributed by atoms with Gasteiger partial charge in [0.2, 0.25) is 5.91 Å². The SMILES string of the molecule is CC(NC(=O)C1C(C(=O)O)C1(C)C)c1nncn1C. The van der Waals surface area contributed by atoms with Gasteiger partial charge in [0.15, 0.2) is 5.82 Å². The molecule has 1 aliphatic rings. The van der Waals surface area contributed by atoms with E-state index in [0.29, 0.717) is 5.82 Å². The Morgan fingerprint density at radius 3 is 2.53 bits per heavy atom. The minimum absolute atomic E-state index is 0.243. The second-order valence-electron chi connectivity index (χ2n) is 5.65. The number of nitrogens with zero attached hydrogens (tertiary/aromatic N) is 3. The van der Waals surface area contributed by atoms with Crippen LogP contribution in [0.15, 0.2) is 6.33 Å². The zero-order chi connectivity index (χ0) is 14.4. The summed E-state index contributed by atoms with van der Waals surface area (Å²) >= 11 is 0. The van der Waals surface area contributed by atoms with Crippen LogP contribution in [-0.4, -0.2) is 31.7 Å². The van der Waals surface area contributed by atoms with E-state index in [4.69, 9.17) is 5.11 Å². The third-order valence-electron chi connectivity index (χ3n) is 3.87. The monoisotopic (exact) mass is 266 g/mol. The van der Waals surface area contributed by atoms with E-state index in [9.17, 15) is 9.59 Å². The summed E-state index contributed by atoms with van der Waals surface area (Å²) in [6.07, 6.45) is 1.55. The fraction of sp³-hybridized carbons (Fsp3) is 0.667. The number of carboxylic acids is 1. The second kappa shape index (κ2) is 4.32. The number of carboxylic acid groups (broad SMARTS) is 1. The van der Waals surface area contributed by atoms with Gasteiger partial charge in [0.1, 0.15) is 6.33 Å². The van der Waals surface area contributed by atoms with E-state index in [-0.39, 0.29) is 11.9 Å². The summed E-state index contributed by atoms with van der Waals surface area (Å²) in [5.74, 6) is -1.62. The molecule has 1 aromatic heterocycles. The Hall–Kier alpha value is -1.92. The number of aryl methyl sites for hydroxylation is 1. The van der Waals surface area contributed by atoms with Gasteiger partial charge in [0, 0.05) is 7.05 Å². The van der Waals surface area contributed by atoms with Gasteiger partial charge in [0.25, 0.3) is 0 Å². The first-order valence-corrected chi connectivity index (χ1v) is 6.14. The van der Waals surface area contributed by atoms with E-state index >= 15 is 0 Å². The van der Waals surface area contributed by atoms with Gasteiger partial charge in [0.05, 0.1) is 17.9 Å². The summed E-state index contributed by atoms with van der Waals surface area (Å²) in [5.41, 5.74) is -0.491. The van der Waals surface area contributed by atoms with Gasteiger partial charge in [-0.1, -0.05) is 13.8 Å². The molecular formula is C12H18N4O3. The minimum atomic E-state index is -0.920. The van der Waals surface area contributed by atoms with Gasteiger partial charge >= 0.3 is 5.97 Å². The van der Waals surface area contributed by atoms with Crippen molar-refractivity contribution in [2.45, 2.75) is 26.8 Å². The van der Waals surface area contributed by atoms with Crippen molar-refractivity contribution in [2.24, 2.45) is 24.3 Å². The first kappa shape index (κ1) is 13.5. The molecule has 3 unspecified atom stereocenters. The molecule has 2 rings (SSSR count). The molecular weight excluding hydrogens is 248 g/mol. The maximum Gasteiger partial charge on any atom is 0.307 e. The largest absolute Gasteiger partial charge is 0.481 e. The highest BCUT2D eigenvalue weighted by molar-refractivity contribution is 5.91. The molecule has 0 spiro atoms. The number of hydrogen-bond donors (Lipinski definition) is 2. The molecule has 1 heterocycles. The summed E-state index contributed by atoms with van der Waals surface area (Å²) in [7, 11) is 1.79. The Bertz CT molecular complexity index is 523. The van der Waals surface area contributed by atoms with Gasteiger partial charge in [-0.2, -0.15) is 0 Å². The molecule has 0 saturated heterocycles. The summed E-state index contributed by atoms with van der Waals surface area (Å²) in [5, 5.41) is 19.5. The fourth-order valence-corrected chi connectivity index (χ4v) is 2.64. The maximum atomic E-state index is 12.1. The van der Waals surface area contributed by atoms with Gasteiger partial charge in [-0.3, -0.25) is 9.59 Å². The zero-order valence-electron chi connectivity index (χ0n) is 11.4. The second-order valence-corrected chi connectivity index (χ2v) is 5.65. The van der Waals surface area contributed by atoms with E-state index in [2.05, 4.69) is 15.5 Å². The molecule has 1 saturated carbocycles. The van der Waals surface area contributed by atoms with Gasteiger partial charge < -0.3 is 15.0 Å². The van der Waals surface area contributed by atoms with Crippen LogP contribution in [0.2, 0.25) is 0 Å². The predicted octanol–water partition coefficient (Wildman–Crippen LogP) is 0.349. The Balaban J connectivity index is 2.04. The third-order valence-corrected chi connectivity index (χ3v) is 3.87. The van der Waals surface area contributed by atoms with E-state index < -0.39 is 23.2 Å². The highest BCUT2D eigenvalue weighted by atomic mass is 16.4. The summed E-state index contributed by atoms with van der Waals surface area (Å²) in [4.78, 5) is 23.2. The number of amides is 1. The van der Waals surface area contributed by atoms with Crippen LogP contribution in [0.25, 0.3) is 0 Å². The van der Waals surface area contributed by atoms with Crippen LogP contribution in [0.4, 0.5) is 0 Å². The van der Waals surface area contributed by atoms with Crippen molar-refractivity contribution >= 4 is 11.9 Å². The van der Waals surface area contributed by atoms with Crippen molar-refractivity contribution < 1.29 is 14.7 Å². The molecule has 19 heavy (non-hydrogen) atoms. The Kier molecular flexibility index (Phi) is 3.07. The van der Waals surface area contributed by atoms with Crippen molar-refractivity contribution in [1.29, 1.82) is 0 Å². The van der Waals surface area contributed by atoms with E-state index in [1.54, 1.807) is 38.7 Å². The molecule has 7 heteroatoms. The Labute approximate surface area is 111 Å². The van der Waals surface area contributed by atoms with E-state index in [0.717, 1.165) is 0 Å². The third kappa shape index (κ3) is 2.20. The molecule has 0 radical (unpaired) electrons. The zero-order valence-corrected chi connectivity index (χ0v) is 11.4. The van der Waals surface area contributed by atoms with Crippen molar-refractivity contribution in [3.63, 3.8) is 0 Å².